The highest BCUT2D eigenvalue weighted by Crippen LogP contribution is 2.64. The Morgan fingerprint density at radius 2 is 0.816 bits per heavy atom. The van der Waals surface area contributed by atoms with Crippen LogP contribution in [-0.2, 0) is 5.41 Å². The van der Waals surface area contributed by atoms with Crippen LogP contribution in [0.2, 0.25) is 0 Å². The van der Waals surface area contributed by atoms with Gasteiger partial charge in [0, 0.05) is 39.3 Å². The first-order valence-electron chi connectivity index (χ1n) is 26.5. The second-order valence-electron chi connectivity index (χ2n) is 20.7. The maximum absolute atomic E-state index is 2.50. The molecule has 0 saturated carbocycles. The minimum atomic E-state index is -0.456. The first kappa shape index (κ1) is 42.7. The Morgan fingerprint density at radius 1 is 0.316 bits per heavy atom. The molecule has 16 rings (SSSR count). The number of anilines is 3. The van der Waals surface area contributed by atoms with Crippen LogP contribution in [0.4, 0.5) is 17.1 Å². The van der Waals surface area contributed by atoms with E-state index >= 15 is 0 Å². The predicted molar refractivity (Wildman–Crippen MR) is 315 cm³/mol. The molecule has 3 aliphatic rings. The lowest BCUT2D eigenvalue weighted by Gasteiger charge is -2.32. The van der Waals surface area contributed by atoms with Crippen molar-refractivity contribution in [3.05, 3.63) is 324 Å². The SMILES string of the molecule is c1ccc(C2c3ccccc3-c3cc(-c4ccc(N(c5ccc(-c6ccc7c(c6)c6ccccc6n7-c6ccccc6)cc5)c5cccc6c5-c5ccccc5C65c6ccccc6-c6ccccc65)cc4)ccc32)cc1. The third-order valence-corrected chi connectivity index (χ3v) is 16.9. The molecule has 0 amide bonds. The Balaban J connectivity index is 0.851. The molecule has 1 aromatic heterocycles. The third-order valence-electron chi connectivity index (χ3n) is 16.9. The van der Waals surface area contributed by atoms with E-state index in [-0.39, 0.29) is 5.92 Å². The Labute approximate surface area is 442 Å². The van der Waals surface area contributed by atoms with Crippen LogP contribution in [0.3, 0.4) is 0 Å². The summed E-state index contributed by atoms with van der Waals surface area (Å²) in [5, 5.41) is 2.49. The van der Waals surface area contributed by atoms with Crippen LogP contribution in [0.15, 0.2) is 285 Å². The molecule has 0 fully saturated rings. The number of hydrogen-bond donors (Lipinski definition) is 0. The van der Waals surface area contributed by atoms with Gasteiger partial charge >= 0.3 is 0 Å². The van der Waals surface area contributed by atoms with Gasteiger partial charge in [-0.15, -0.1) is 0 Å². The maximum atomic E-state index is 2.50. The van der Waals surface area contributed by atoms with E-state index in [1.807, 2.05) is 0 Å². The third kappa shape index (κ3) is 6.10. The normalized spacial score (nSPS) is 14.0. The van der Waals surface area contributed by atoms with Crippen molar-refractivity contribution in [2.45, 2.75) is 11.3 Å². The van der Waals surface area contributed by atoms with E-state index in [2.05, 4.69) is 295 Å². The Kier molecular flexibility index (Phi) is 9.35. The lowest BCUT2D eigenvalue weighted by atomic mass is 9.70. The van der Waals surface area contributed by atoms with E-state index in [4.69, 9.17) is 0 Å². The number of aromatic nitrogens is 1. The van der Waals surface area contributed by atoms with Gasteiger partial charge in [0.2, 0.25) is 0 Å². The fraction of sp³-hybridized carbons (Fsp3) is 0.0270. The van der Waals surface area contributed by atoms with Crippen molar-refractivity contribution in [2.75, 3.05) is 4.90 Å². The molecule has 3 aliphatic carbocycles. The summed E-state index contributed by atoms with van der Waals surface area (Å²) >= 11 is 0. The molecule has 0 aliphatic heterocycles. The minimum absolute atomic E-state index is 0.219. The van der Waals surface area contributed by atoms with Gasteiger partial charge in [-0.25, -0.2) is 0 Å². The van der Waals surface area contributed by atoms with Gasteiger partial charge in [0.1, 0.15) is 0 Å². The largest absolute Gasteiger partial charge is 0.310 e. The fourth-order valence-corrected chi connectivity index (χ4v) is 13.7. The van der Waals surface area contributed by atoms with Crippen LogP contribution in [0.5, 0.6) is 0 Å². The summed E-state index contributed by atoms with van der Waals surface area (Å²) in [6.45, 7) is 0. The molecule has 0 N–H and O–H groups in total. The lowest BCUT2D eigenvalue weighted by molar-refractivity contribution is 0.794. The zero-order valence-electron chi connectivity index (χ0n) is 41.6. The monoisotopic (exact) mass is 964 g/mol. The van der Waals surface area contributed by atoms with Crippen molar-refractivity contribution in [1.82, 2.24) is 4.57 Å². The summed E-state index contributed by atoms with van der Waals surface area (Å²) in [7, 11) is 0. The molecule has 2 heteroatoms. The van der Waals surface area contributed by atoms with Crippen LogP contribution < -0.4 is 4.90 Å². The molecule has 2 nitrogen and oxygen atoms in total. The van der Waals surface area contributed by atoms with Crippen molar-refractivity contribution >= 4 is 38.9 Å². The zero-order chi connectivity index (χ0) is 49.9. The highest BCUT2D eigenvalue weighted by atomic mass is 15.1. The molecule has 0 bridgehead atoms. The summed E-state index contributed by atoms with van der Waals surface area (Å²) in [5.74, 6) is 0.219. The highest BCUT2D eigenvalue weighted by Gasteiger charge is 2.52. The molecule has 12 aromatic carbocycles. The quantitative estimate of drug-likeness (QED) is 0.155. The average molecular weight is 965 g/mol. The maximum Gasteiger partial charge on any atom is 0.0726 e. The second kappa shape index (κ2) is 16.6. The Bertz CT molecular complexity index is 4400. The number of hydrogen-bond acceptors (Lipinski definition) is 1. The van der Waals surface area contributed by atoms with Crippen molar-refractivity contribution in [3.63, 3.8) is 0 Å². The summed E-state index contributed by atoms with van der Waals surface area (Å²) in [6, 6.07) is 106. The van der Waals surface area contributed by atoms with Crippen molar-refractivity contribution in [3.8, 4) is 61.3 Å². The number of nitrogens with zero attached hydrogens (tertiary/aromatic N) is 2. The molecule has 13 aromatic rings. The van der Waals surface area contributed by atoms with Gasteiger partial charge in [-0.05, 0) is 156 Å². The zero-order valence-corrected chi connectivity index (χ0v) is 41.6. The Hall–Kier alpha value is -9.76. The number of para-hydroxylation sites is 2. The summed E-state index contributed by atoms with van der Waals surface area (Å²) in [6.07, 6.45) is 0. The van der Waals surface area contributed by atoms with Gasteiger partial charge in [0.05, 0.1) is 22.1 Å². The molecule has 76 heavy (non-hydrogen) atoms. The van der Waals surface area contributed by atoms with E-state index < -0.39 is 5.41 Å². The van der Waals surface area contributed by atoms with Gasteiger partial charge in [-0.1, -0.05) is 218 Å². The van der Waals surface area contributed by atoms with E-state index in [0.29, 0.717) is 0 Å². The number of fused-ring (bicyclic) bond motifs is 16. The van der Waals surface area contributed by atoms with E-state index in [9.17, 15) is 0 Å². The molecule has 0 radical (unpaired) electrons. The predicted octanol–water partition coefficient (Wildman–Crippen LogP) is 19.1. The van der Waals surface area contributed by atoms with Crippen molar-refractivity contribution in [2.24, 2.45) is 0 Å². The van der Waals surface area contributed by atoms with E-state index in [1.54, 1.807) is 0 Å². The van der Waals surface area contributed by atoms with Gasteiger partial charge in [0.25, 0.3) is 0 Å². The van der Waals surface area contributed by atoms with Crippen molar-refractivity contribution in [1.29, 1.82) is 0 Å². The highest BCUT2D eigenvalue weighted by molar-refractivity contribution is 6.10. The molecule has 1 unspecified atom stereocenters. The van der Waals surface area contributed by atoms with Crippen LogP contribution in [0.1, 0.15) is 44.9 Å². The molecule has 1 spiro atoms. The van der Waals surface area contributed by atoms with Gasteiger partial charge in [-0.2, -0.15) is 0 Å². The van der Waals surface area contributed by atoms with E-state index in [0.717, 1.165) is 22.7 Å². The lowest BCUT2D eigenvalue weighted by Crippen LogP contribution is -2.26. The molecular formula is C74H48N2. The van der Waals surface area contributed by atoms with Gasteiger partial charge in [0.15, 0.2) is 0 Å². The molecule has 1 heterocycles. The summed E-state index contributed by atoms with van der Waals surface area (Å²) in [5.41, 5.74) is 28.4. The van der Waals surface area contributed by atoms with Gasteiger partial charge in [-0.3, -0.25) is 0 Å². The second-order valence-corrected chi connectivity index (χ2v) is 20.7. The first-order valence-corrected chi connectivity index (χ1v) is 26.5. The van der Waals surface area contributed by atoms with Crippen LogP contribution in [-0.4, -0.2) is 4.57 Å². The van der Waals surface area contributed by atoms with Crippen LogP contribution in [0.25, 0.3) is 83.1 Å². The first-order chi connectivity index (χ1) is 37.7. The average Bonchev–Trinajstić information content (AvgIpc) is 4.27. The molecule has 1 atom stereocenters. The minimum Gasteiger partial charge on any atom is -0.310 e. The van der Waals surface area contributed by atoms with Crippen LogP contribution in [0, 0.1) is 0 Å². The molecule has 0 saturated heterocycles. The topological polar surface area (TPSA) is 8.17 Å². The summed E-state index contributed by atoms with van der Waals surface area (Å²) in [4.78, 5) is 2.50. The number of benzene rings is 12. The molecular weight excluding hydrogens is 917 g/mol. The van der Waals surface area contributed by atoms with Gasteiger partial charge < -0.3 is 9.47 Å². The van der Waals surface area contributed by atoms with Crippen LogP contribution >= 0.6 is 0 Å². The Morgan fingerprint density at radius 3 is 1.51 bits per heavy atom. The van der Waals surface area contributed by atoms with E-state index in [1.165, 1.54) is 116 Å². The fourth-order valence-electron chi connectivity index (χ4n) is 13.7. The molecule has 354 valence electrons. The van der Waals surface area contributed by atoms with Crippen molar-refractivity contribution < 1.29 is 0 Å². The number of rotatable bonds is 7. The standard InChI is InChI=1S/C74H48N2/c1-3-18-50(19-4-1)72-60-26-8-7-22-56(60)63-46-51(38-44-61(63)72)48-34-40-54(41-35-48)75(55-42-36-49(37-43-55)52-39-45-70-64(47-52)59-25-12-16-32-69(59)76(70)53-20-5-2-6-21-53)71-33-17-31-68-73(71)62-27-11-15-30-67(62)74(68)65-28-13-9-23-57(65)58-24-10-14-29-66(58)74/h1-47,72H. The summed E-state index contributed by atoms with van der Waals surface area (Å²) < 4.78 is 2.38. The smallest absolute Gasteiger partial charge is 0.0726 e.